The van der Waals surface area contributed by atoms with E-state index in [4.69, 9.17) is 51.6 Å². The first-order valence-electron chi connectivity index (χ1n) is 21.1. The summed E-state index contributed by atoms with van der Waals surface area (Å²) in [6.45, 7) is 5.45. The van der Waals surface area contributed by atoms with Crippen LogP contribution in [0.15, 0.2) is 128 Å². The smallest absolute Gasteiger partial charge is 0.336 e. The molecule has 0 fully saturated rings. The van der Waals surface area contributed by atoms with Gasteiger partial charge in [0.1, 0.15) is 0 Å². The fourth-order valence-corrected chi connectivity index (χ4v) is 10.0. The van der Waals surface area contributed by atoms with Gasteiger partial charge in [0.05, 0.1) is 109 Å². The van der Waals surface area contributed by atoms with Gasteiger partial charge in [0.25, 0.3) is 0 Å². The quantitative estimate of drug-likeness (QED) is 0.0596. The van der Waals surface area contributed by atoms with E-state index < -0.39 is 55.8 Å². The highest BCUT2D eigenvalue weighted by atomic mass is 35.5. The standard InChI is InChI=1S/C46H52Cl2N4O14S2/c1-7-65-45(55)41-35(51-27(3)37(43(53)61-5)39(41)31-13-9-11-15-33(31)47)25-63-23-21-49-67(57,58)29-17-19-30(20-18-29)68(59,60)50-22-24-64-26-36-42(46(56)66-8-2)40(32-14-10-12-16-34(32)48)38(28(4)52-36)44(54)62-6/h9-20,39-40,49-52H,7-8,21-26H2,1-6H3. The van der Waals surface area contributed by atoms with Gasteiger partial charge in [-0.15, -0.1) is 0 Å². The number of methoxy groups -OCH3 is 2. The second-order valence-electron chi connectivity index (χ2n) is 14.8. The van der Waals surface area contributed by atoms with Gasteiger partial charge in [0.2, 0.25) is 20.0 Å². The Bertz CT molecular complexity index is 2570. The number of nitrogens with one attached hydrogen (secondary N) is 4. The number of hydrogen-bond donors (Lipinski definition) is 4. The van der Waals surface area contributed by atoms with Gasteiger partial charge in [0.15, 0.2) is 0 Å². The number of carbonyl (C=O) groups excluding carboxylic acids is 4. The Morgan fingerprint density at radius 1 is 0.559 bits per heavy atom. The normalized spacial score (nSPS) is 16.5. The molecule has 0 aromatic heterocycles. The number of sulfonamides is 2. The molecule has 2 aliphatic heterocycles. The summed E-state index contributed by atoms with van der Waals surface area (Å²) in [6, 6.07) is 18.0. The van der Waals surface area contributed by atoms with Crippen LogP contribution < -0.4 is 20.1 Å². The third-order valence-electron chi connectivity index (χ3n) is 10.5. The number of carbonyl (C=O) groups is 4. The second-order valence-corrected chi connectivity index (χ2v) is 19.2. The van der Waals surface area contributed by atoms with Crippen LogP contribution in [-0.4, -0.2) is 108 Å². The number of dihydropyridines is 2. The molecule has 22 heteroatoms. The molecule has 2 heterocycles. The lowest BCUT2D eigenvalue weighted by Gasteiger charge is -2.31. The highest BCUT2D eigenvalue weighted by Crippen LogP contribution is 2.43. The summed E-state index contributed by atoms with van der Waals surface area (Å²) in [5, 5.41) is 6.69. The zero-order valence-corrected chi connectivity index (χ0v) is 41.2. The van der Waals surface area contributed by atoms with Crippen LogP contribution in [0.25, 0.3) is 0 Å². The number of ether oxygens (including phenoxy) is 6. The Hall–Kier alpha value is -5.58. The lowest BCUT2D eigenvalue weighted by molar-refractivity contribution is -0.140. The number of hydrogen-bond acceptors (Lipinski definition) is 16. The molecule has 0 bridgehead atoms. The van der Waals surface area contributed by atoms with Crippen LogP contribution in [0.3, 0.4) is 0 Å². The molecular formula is C46H52Cl2N4O14S2. The largest absolute Gasteiger partial charge is 0.466 e. The van der Waals surface area contributed by atoms with E-state index >= 15 is 0 Å². The van der Waals surface area contributed by atoms with Crippen LogP contribution in [-0.2, 0) is 67.6 Å². The average molecular weight is 1020 g/mol. The van der Waals surface area contributed by atoms with Crippen molar-refractivity contribution in [1.82, 2.24) is 20.1 Å². The maximum absolute atomic E-state index is 13.4. The fraction of sp³-hybridized carbons (Fsp3) is 0.348. The van der Waals surface area contributed by atoms with Gasteiger partial charge in [-0.3, -0.25) is 0 Å². The molecule has 0 amide bonds. The Balaban J connectivity index is 1.20. The lowest BCUT2D eigenvalue weighted by Crippen LogP contribution is -2.35. The molecule has 2 atom stereocenters. The highest BCUT2D eigenvalue weighted by molar-refractivity contribution is 7.90. The van der Waals surface area contributed by atoms with Gasteiger partial charge in [-0.1, -0.05) is 59.6 Å². The predicted molar refractivity (Wildman–Crippen MR) is 250 cm³/mol. The van der Waals surface area contributed by atoms with Gasteiger partial charge >= 0.3 is 23.9 Å². The molecule has 0 saturated carbocycles. The van der Waals surface area contributed by atoms with Crippen LogP contribution in [0, 0.1) is 0 Å². The van der Waals surface area contributed by atoms with Crippen LogP contribution in [0.5, 0.6) is 0 Å². The van der Waals surface area contributed by atoms with Gasteiger partial charge in [-0.2, -0.15) is 0 Å². The summed E-state index contributed by atoms with van der Waals surface area (Å²) in [5.41, 5.74) is 2.64. The molecular weight excluding hydrogens is 968 g/mol. The minimum Gasteiger partial charge on any atom is -0.466 e. The van der Waals surface area contributed by atoms with E-state index in [0.29, 0.717) is 32.6 Å². The van der Waals surface area contributed by atoms with Crippen molar-refractivity contribution in [3.63, 3.8) is 0 Å². The van der Waals surface area contributed by atoms with Crippen LogP contribution in [0.2, 0.25) is 10.0 Å². The molecule has 3 aromatic rings. The molecule has 366 valence electrons. The predicted octanol–water partition coefficient (Wildman–Crippen LogP) is 4.89. The maximum Gasteiger partial charge on any atom is 0.336 e. The highest BCUT2D eigenvalue weighted by Gasteiger charge is 2.41. The Morgan fingerprint density at radius 2 is 0.912 bits per heavy atom. The number of benzene rings is 3. The molecule has 0 saturated heterocycles. The molecule has 0 radical (unpaired) electrons. The summed E-state index contributed by atoms with van der Waals surface area (Å²) < 4.78 is 90.0. The first-order valence-corrected chi connectivity index (χ1v) is 24.8. The molecule has 5 rings (SSSR count). The second kappa shape index (κ2) is 24.1. The zero-order valence-electron chi connectivity index (χ0n) is 38.0. The van der Waals surface area contributed by atoms with Crippen molar-refractivity contribution < 1.29 is 64.4 Å². The third-order valence-corrected chi connectivity index (χ3v) is 14.2. The SMILES string of the molecule is CCOC(=O)C1=C(COCCNS(=O)(=O)c2ccc(S(=O)(=O)NCCOCC3=C(C(=O)OCC)C(c4ccccc4Cl)C(C(=O)OC)=C(C)N3)cc2)NC(C)=C(C(=O)OC)C1c1ccccc1Cl. The third kappa shape index (κ3) is 12.5. The van der Waals surface area contributed by atoms with Crippen LogP contribution in [0.1, 0.15) is 50.7 Å². The number of rotatable bonds is 22. The zero-order chi connectivity index (χ0) is 49.8. The van der Waals surface area contributed by atoms with Gasteiger partial charge in [0, 0.05) is 34.5 Å². The summed E-state index contributed by atoms with van der Waals surface area (Å²) >= 11 is 13.1. The number of esters is 4. The summed E-state index contributed by atoms with van der Waals surface area (Å²) in [7, 11) is -5.85. The van der Waals surface area contributed by atoms with Gasteiger partial charge < -0.3 is 39.1 Å². The molecule has 18 nitrogen and oxygen atoms in total. The van der Waals surface area contributed by atoms with Gasteiger partial charge in [-0.05, 0) is 75.2 Å². The molecule has 2 unspecified atom stereocenters. The molecule has 68 heavy (non-hydrogen) atoms. The molecule has 0 aliphatic carbocycles. The van der Waals surface area contributed by atoms with Crippen LogP contribution >= 0.6 is 23.2 Å². The van der Waals surface area contributed by atoms with E-state index in [-0.39, 0.29) is 96.2 Å². The molecule has 4 N–H and O–H groups in total. The topological polar surface area (TPSA) is 240 Å². The minimum absolute atomic E-state index is 0.0369. The van der Waals surface area contributed by atoms with E-state index in [0.717, 1.165) is 24.3 Å². The van der Waals surface area contributed by atoms with Crippen molar-refractivity contribution in [3.8, 4) is 0 Å². The summed E-state index contributed by atoms with van der Waals surface area (Å²) in [5.74, 6) is -4.76. The Morgan fingerprint density at radius 3 is 1.24 bits per heavy atom. The van der Waals surface area contributed by atoms with E-state index in [9.17, 15) is 36.0 Å². The van der Waals surface area contributed by atoms with Crippen molar-refractivity contribution in [2.24, 2.45) is 0 Å². The Labute approximate surface area is 405 Å². The van der Waals surface area contributed by atoms with Gasteiger partial charge in [-0.25, -0.2) is 45.5 Å². The number of halogens is 2. The summed E-state index contributed by atoms with van der Waals surface area (Å²) in [6.07, 6.45) is 0. The van der Waals surface area contributed by atoms with Crippen molar-refractivity contribution in [2.45, 2.75) is 49.3 Å². The van der Waals surface area contributed by atoms with Crippen molar-refractivity contribution in [2.75, 3.05) is 67.0 Å². The van der Waals surface area contributed by atoms with Crippen LogP contribution in [0.4, 0.5) is 0 Å². The summed E-state index contributed by atoms with van der Waals surface area (Å²) in [4.78, 5) is 52.5. The van der Waals surface area contributed by atoms with E-state index in [1.807, 2.05) is 0 Å². The number of allylic oxidation sites excluding steroid dienone is 2. The average Bonchev–Trinajstić information content (AvgIpc) is 3.30. The molecule has 2 aliphatic rings. The van der Waals surface area contributed by atoms with Crippen molar-refractivity contribution in [1.29, 1.82) is 0 Å². The first kappa shape index (κ1) is 53.4. The lowest BCUT2D eigenvalue weighted by atomic mass is 9.80. The van der Waals surface area contributed by atoms with E-state index in [1.165, 1.54) is 14.2 Å². The molecule has 3 aromatic carbocycles. The monoisotopic (exact) mass is 1020 g/mol. The Kier molecular flexibility index (Phi) is 18.9. The fourth-order valence-electron chi connectivity index (χ4n) is 7.53. The van der Waals surface area contributed by atoms with E-state index in [2.05, 4.69) is 20.1 Å². The van der Waals surface area contributed by atoms with Crippen molar-refractivity contribution >= 4 is 67.1 Å². The maximum atomic E-state index is 13.4. The first-order chi connectivity index (χ1) is 32.4. The minimum atomic E-state index is -4.14. The van der Waals surface area contributed by atoms with Crippen molar-refractivity contribution in [3.05, 3.63) is 139 Å². The van der Waals surface area contributed by atoms with E-state index in [1.54, 1.807) is 76.2 Å². The molecule has 0 spiro atoms.